The molecule has 0 aromatic rings. The van der Waals surface area contributed by atoms with Crippen LogP contribution in [0.2, 0.25) is 0 Å². The molecule has 19 heavy (non-hydrogen) atoms. The molecule has 2 amide bonds. The molecular weight excluding hydrogens is 244 g/mol. The average molecular weight is 268 g/mol. The van der Waals surface area contributed by atoms with Crippen molar-refractivity contribution in [1.82, 2.24) is 9.80 Å². The van der Waals surface area contributed by atoms with Gasteiger partial charge >= 0.3 is 12.0 Å². The van der Waals surface area contributed by atoms with Crippen molar-refractivity contribution >= 4 is 12.0 Å². The maximum absolute atomic E-state index is 12.4. The predicted octanol–water partition coefficient (Wildman–Crippen LogP) is 1.88. The minimum Gasteiger partial charge on any atom is -0.481 e. The predicted molar refractivity (Wildman–Crippen MR) is 71.8 cm³/mol. The van der Waals surface area contributed by atoms with Crippen LogP contribution in [-0.4, -0.2) is 53.1 Å². The smallest absolute Gasteiger partial charge is 0.320 e. The molecule has 2 rings (SSSR count). The van der Waals surface area contributed by atoms with Gasteiger partial charge in [0.2, 0.25) is 0 Å². The molecule has 0 spiro atoms. The fourth-order valence-electron chi connectivity index (χ4n) is 3.06. The summed E-state index contributed by atoms with van der Waals surface area (Å²) in [5.74, 6) is 0.597. The van der Waals surface area contributed by atoms with Crippen molar-refractivity contribution in [1.29, 1.82) is 0 Å². The van der Waals surface area contributed by atoms with Gasteiger partial charge in [-0.1, -0.05) is 13.8 Å². The molecule has 0 aromatic carbocycles. The van der Waals surface area contributed by atoms with Crippen molar-refractivity contribution < 1.29 is 14.7 Å². The Labute approximate surface area is 114 Å². The number of rotatable bonds is 2. The Morgan fingerprint density at radius 3 is 2.32 bits per heavy atom. The van der Waals surface area contributed by atoms with Gasteiger partial charge in [-0.2, -0.15) is 0 Å². The summed E-state index contributed by atoms with van der Waals surface area (Å²) in [5.41, 5.74) is 0. The molecule has 3 unspecified atom stereocenters. The van der Waals surface area contributed by atoms with Crippen LogP contribution in [0.25, 0.3) is 0 Å². The van der Waals surface area contributed by atoms with E-state index in [0.717, 1.165) is 25.9 Å². The van der Waals surface area contributed by atoms with Crippen LogP contribution in [0.4, 0.5) is 4.79 Å². The molecule has 0 aliphatic carbocycles. The van der Waals surface area contributed by atoms with Crippen LogP contribution in [0.15, 0.2) is 0 Å². The minimum atomic E-state index is -0.764. The number of nitrogens with zero attached hydrogens (tertiary/aromatic N) is 2. The largest absolute Gasteiger partial charge is 0.481 e. The van der Waals surface area contributed by atoms with Crippen molar-refractivity contribution in [2.45, 2.75) is 33.1 Å². The number of hydrogen-bond donors (Lipinski definition) is 1. The van der Waals surface area contributed by atoms with Gasteiger partial charge in [0.25, 0.3) is 0 Å². The zero-order valence-corrected chi connectivity index (χ0v) is 11.8. The van der Waals surface area contributed by atoms with E-state index in [1.54, 1.807) is 0 Å². The molecule has 0 bridgehead atoms. The van der Waals surface area contributed by atoms with E-state index in [1.807, 2.05) is 9.80 Å². The van der Waals surface area contributed by atoms with E-state index < -0.39 is 5.97 Å². The van der Waals surface area contributed by atoms with E-state index in [4.69, 9.17) is 5.11 Å². The highest BCUT2D eigenvalue weighted by Gasteiger charge is 2.33. The van der Waals surface area contributed by atoms with E-state index in [2.05, 4.69) is 13.8 Å². The third kappa shape index (κ3) is 3.39. The lowest BCUT2D eigenvalue weighted by Gasteiger charge is -2.37. The fraction of sp³-hybridized carbons (Fsp3) is 0.857. The van der Waals surface area contributed by atoms with Crippen molar-refractivity contribution in [3.63, 3.8) is 0 Å². The summed E-state index contributed by atoms with van der Waals surface area (Å²) in [4.78, 5) is 26.9. The Bertz CT molecular complexity index is 359. The maximum atomic E-state index is 12.4. The first-order valence-corrected chi connectivity index (χ1v) is 7.23. The average Bonchev–Trinajstić information content (AvgIpc) is 2.79. The topological polar surface area (TPSA) is 60.9 Å². The third-order valence-corrected chi connectivity index (χ3v) is 4.62. The fourth-order valence-corrected chi connectivity index (χ4v) is 3.06. The molecule has 2 fully saturated rings. The van der Waals surface area contributed by atoms with Crippen molar-refractivity contribution in [3.05, 3.63) is 0 Å². The van der Waals surface area contributed by atoms with Crippen LogP contribution in [0.3, 0.4) is 0 Å². The highest BCUT2D eigenvalue weighted by atomic mass is 16.4. The highest BCUT2D eigenvalue weighted by molar-refractivity contribution is 5.75. The number of carbonyl (C=O) groups excluding carboxylic acids is 1. The molecule has 0 saturated carbocycles. The van der Waals surface area contributed by atoms with Crippen LogP contribution in [0.1, 0.15) is 33.1 Å². The number of amides is 2. The van der Waals surface area contributed by atoms with E-state index in [-0.39, 0.29) is 18.4 Å². The molecular formula is C14H24N2O3. The first kappa shape index (κ1) is 14.2. The van der Waals surface area contributed by atoms with Crippen molar-refractivity contribution in [3.8, 4) is 0 Å². The monoisotopic (exact) mass is 268 g/mol. The zero-order valence-electron chi connectivity index (χ0n) is 11.8. The SMILES string of the molecule is CC1CCN(C(=O)N2CCC(CC(=O)O)C2)CC1C. The number of carbonyl (C=O) groups is 2. The number of carboxylic acids is 1. The first-order valence-electron chi connectivity index (χ1n) is 7.23. The summed E-state index contributed by atoms with van der Waals surface area (Å²) in [7, 11) is 0. The second kappa shape index (κ2) is 5.80. The number of aliphatic carboxylic acids is 1. The van der Waals surface area contributed by atoms with Gasteiger partial charge in [-0.15, -0.1) is 0 Å². The Hall–Kier alpha value is -1.26. The van der Waals surface area contributed by atoms with E-state index in [0.29, 0.717) is 24.9 Å². The Morgan fingerprint density at radius 1 is 1.05 bits per heavy atom. The van der Waals surface area contributed by atoms with Gasteiger partial charge < -0.3 is 14.9 Å². The molecule has 2 aliphatic heterocycles. The summed E-state index contributed by atoms with van der Waals surface area (Å²) in [6.07, 6.45) is 2.06. The molecule has 2 heterocycles. The third-order valence-electron chi connectivity index (χ3n) is 4.62. The van der Waals surface area contributed by atoms with Gasteiger partial charge in [-0.25, -0.2) is 4.79 Å². The number of likely N-dealkylation sites (tertiary alicyclic amines) is 2. The van der Waals surface area contributed by atoms with Crippen LogP contribution < -0.4 is 0 Å². The van der Waals surface area contributed by atoms with Gasteiger partial charge in [0.1, 0.15) is 0 Å². The lowest BCUT2D eigenvalue weighted by molar-refractivity contribution is -0.138. The second-order valence-corrected chi connectivity index (χ2v) is 6.17. The Balaban J connectivity index is 1.86. The molecule has 0 aromatic heterocycles. The van der Waals surface area contributed by atoms with E-state index in [9.17, 15) is 9.59 Å². The molecule has 108 valence electrons. The number of urea groups is 1. The Morgan fingerprint density at radius 2 is 1.68 bits per heavy atom. The van der Waals surface area contributed by atoms with Gasteiger partial charge in [-0.05, 0) is 30.6 Å². The van der Waals surface area contributed by atoms with Gasteiger partial charge in [0.05, 0.1) is 0 Å². The molecule has 2 saturated heterocycles. The van der Waals surface area contributed by atoms with Crippen LogP contribution in [0.5, 0.6) is 0 Å². The number of carboxylic acid groups (broad SMARTS) is 1. The van der Waals surface area contributed by atoms with Gasteiger partial charge in [0.15, 0.2) is 0 Å². The van der Waals surface area contributed by atoms with E-state index in [1.165, 1.54) is 0 Å². The summed E-state index contributed by atoms with van der Waals surface area (Å²) in [5, 5.41) is 8.80. The summed E-state index contributed by atoms with van der Waals surface area (Å²) < 4.78 is 0. The van der Waals surface area contributed by atoms with Gasteiger partial charge in [-0.3, -0.25) is 4.79 Å². The Kier molecular flexibility index (Phi) is 4.32. The quantitative estimate of drug-likeness (QED) is 0.832. The number of hydrogen-bond acceptors (Lipinski definition) is 2. The molecule has 1 N–H and O–H groups in total. The van der Waals surface area contributed by atoms with E-state index >= 15 is 0 Å². The number of piperidine rings is 1. The molecule has 0 radical (unpaired) electrons. The lowest BCUT2D eigenvalue weighted by atomic mass is 9.89. The molecule has 5 heteroatoms. The summed E-state index contributed by atoms with van der Waals surface area (Å²) in [6.45, 7) is 7.42. The summed E-state index contributed by atoms with van der Waals surface area (Å²) >= 11 is 0. The maximum Gasteiger partial charge on any atom is 0.320 e. The molecule has 5 nitrogen and oxygen atoms in total. The molecule has 2 aliphatic rings. The van der Waals surface area contributed by atoms with Crippen molar-refractivity contribution in [2.75, 3.05) is 26.2 Å². The van der Waals surface area contributed by atoms with Crippen LogP contribution >= 0.6 is 0 Å². The lowest BCUT2D eigenvalue weighted by Crippen LogP contribution is -2.48. The minimum absolute atomic E-state index is 0.103. The van der Waals surface area contributed by atoms with Gasteiger partial charge in [0, 0.05) is 32.6 Å². The first-order chi connectivity index (χ1) is 8.97. The normalized spacial score (nSPS) is 31.6. The zero-order chi connectivity index (χ0) is 14.0. The summed E-state index contributed by atoms with van der Waals surface area (Å²) in [6, 6.07) is 0.103. The van der Waals surface area contributed by atoms with Crippen LogP contribution in [-0.2, 0) is 4.79 Å². The van der Waals surface area contributed by atoms with Crippen molar-refractivity contribution in [2.24, 2.45) is 17.8 Å². The standard InChI is InChI=1S/C14H24N2O3/c1-10-3-5-15(8-11(10)2)14(19)16-6-4-12(9-16)7-13(17)18/h10-12H,3-9H2,1-2H3,(H,17,18). The second-order valence-electron chi connectivity index (χ2n) is 6.17. The van der Waals surface area contributed by atoms with Crippen LogP contribution in [0, 0.1) is 17.8 Å². The highest BCUT2D eigenvalue weighted by Crippen LogP contribution is 2.26. The molecule has 3 atom stereocenters.